The number of carboxylic acids is 1. The topological polar surface area (TPSA) is 54.6 Å². The highest BCUT2D eigenvalue weighted by Crippen LogP contribution is 2.30. The van der Waals surface area contributed by atoms with E-state index in [9.17, 15) is 4.79 Å². The third kappa shape index (κ3) is 2.31. The van der Waals surface area contributed by atoms with Gasteiger partial charge in [-0.3, -0.25) is 4.40 Å². The number of hydrogen-bond acceptors (Lipinski definition) is 3. The maximum absolute atomic E-state index is 10.7. The Labute approximate surface area is 110 Å². The summed E-state index contributed by atoms with van der Waals surface area (Å²) in [5.41, 5.74) is 1.66. The number of fused-ring (bicyclic) bond motifs is 1. The minimum absolute atomic E-state index is 0.113. The minimum Gasteiger partial charge on any atom is -0.478 e. The van der Waals surface area contributed by atoms with Crippen LogP contribution >= 0.6 is 11.3 Å². The molecular formula is C13H16N2O2S. The quantitative estimate of drug-likeness (QED) is 0.848. The van der Waals surface area contributed by atoms with Gasteiger partial charge in [-0.15, -0.1) is 11.3 Å². The van der Waals surface area contributed by atoms with E-state index in [1.54, 1.807) is 17.4 Å². The lowest BCUT2D eigenvalue weighted by molar-refractivity contribution is -0.131. The molecule has 5 heteroatoms. The SMILES string of the molecule is Cc1cn2c(/C=C/C(=O)O)c(C(C)(C)C)nc2s1. The molecule has 0 aliphatic carbocycles. The first kappa shape index (κ1) is 12.8. The van der Waals surface area contributed by atoms with Crippen LogP contribution in [0.5, 0.6) is 0 Å². The van der Waals surface area contributed by atoms with Crippen LogP contribution in [-0.4, -0.2) is 20.5 Å². The molecule has 96 valence electrons. The van der Waals surface area contributed by atoms with Crippen LogP contribution in [-0.2, 0) is 10.2 Å². The van der Waals surface area contributed by atoms with Crippen LogP contribution in [0.1, 0.15) is 37.0 Å². The van der Waals surface area contributed by atoms with Crippen molar-refractivity contribution >= 4 is 28.3 Å². The van der Waals surface area contributed by atoms with Crippen molar-refractivity contribution in [3.05, 3.63) is 28.5 Å². The molecular weight excluding hydrogens is 248 g/mol. The van der Waals surface area contributed by atoms with Gasteiger partial charge in [-0.2, -0.15) is 0 Å². The lowest BCUT2D eigenvalue weighted by Gasteiger charge is -2.16. The predicted octanol–water partition coefficient (Wildman–Crippen LogP) is 3.10. The number of thiazole rings is 1. The van der Waals surface area contributed by atoms with Crippen molar-refractivity contribution in [1.82, 2.24) is 9.38 Å². The van der Waals surface area contributed by atoms with E-state index in [4.69, 9.17) is 5.11 Å². The van der Waals surface area contributed by atoms with Gasteiger partial charge >= 0.3 is 5.97 Å². The van der Waals surface area contributed by atoms with E-state index in [0.717, 1.165) is 27.3 Å². The van der Waals surface area contributed by atoms with Gasteiger partial charge in [-0.05, 0) is 13.0 Å². The van der Waals surface area contributed by atoms with E-state index in [2.05, 4.69) is 25.8 Å². The van der Waals surface area contributed by atoms with Crippen LogP contribution in [0, 0.1) is 6.92 Å². The van der Waals surface area contributed by atoms with Crippen LogP contribution in [0.4, 0.5) is 0 Å². The largest absolute Gasteiger partial charge is 0.478 e. The molecule has 0 aromatic carbocycles. The first-order valence-electron chi connectivity index (χ1n) is 5.69. The number of rotatable bonds is 2. The molecule has 0 spiro atoms. The van der Waals surface area contributed by atoms with Crippen molar-refractivity contribution in [2.75, 3.05) is 0 Å². The highest BCUT2D eigenvalue weighted by molar-refractivity contribution is 7.17. The molecule has 0 bridgehead atoms. The molecule has 1 N–H and O–H groups in total. The first-order valence-corrected chi connectivity index (χ1v) is 6.50. The summed E-state index contributed by atoms with van der Waals surface area (Å²) in [6.45, 7) is 8.24. The van der Waals surface area contributed by atoms with Crippen molar-refractivity contribution in [3.8, 4) is 0 Å². The van der Waals surface area contributed by atoms with Gasteiger partial charge in [0.2, 0.25) is 0 Å². The zero-order valence-corrected chi connectivity index (χ0v) is 11.7. The Bertz CT molecular complexity index is 629. The summed E-state index contributed by atoms with van der Waals surface area (Å²) in [4.78, 5) is 17.4. The first-order chi connectivity index (χ1) is 8.29. The van der Waals surface area contributed by atoms with Gasteiger partial charge in [-0.1, -0.05) is 20.8 Å². The number of aryl methyl sites for hydroxylation is 1. The Kier molecular flexibility index (Phi) is 3.02. The standard InChI is InChI=1S/C13H16N2O2S/c1-8-7-15-9(5-6-10(16)17)11(13(2,3)4)14-12(15)18-8/h5-7H,1-4H3,(H,16,17)/b6-5+. The smallest absolute Gasteiger partial charge is 0.328 e. The van der Waals surface area contributed by atoms with Crippen molar-refractivity contribution in [2.45, 2.75) is 33.1 Å². The molecule has 0 fully saturated rings. The average molecular weight is 264 g/mol. The summed E-state index contributed by atoms with van der Waals surface area (Å²) < 4.78 is 1.96. The summed E-state index contributed by atoms with van der Waals surface area (Å²) in [5.74, 6) is -0.947. The molecule has 4 nitrogen and oxygen atoms in total. The third-order valence-corrected chi connectivity index (χ3v) is 3.47. The number of carboxylic acid groups (broad SMARTS) is 1. The Balaban J connectivity index is 2.67. The highest BCUT2D eigenvalue weighted by Gasteiger charge is 2.23. The number of carbonyl (C=O) groups is 1. The fourth-order valence-electron chi connectivity index (χ4n) is 1.83. The molecule has 0 amide bonds. The third-order valence-electron chi connectivity index (χ3n) is 2.57. The van der Waals surface area contributed by atoms with Crippen LogP contribution in [0.25, 0.3) is 11.0 Å². The van der Waals surface area contributed by atoms with E-state index < -0.39 is 5.97 Å². The second-order valence-corrected chi connectivity index (χ2v) is 6.47. The zero-order chi connectivity index (χ0) is 13.5. The van der Waals surface area contributed by atoms with Crippen LogP contribution in [0.15, 0.2) is 12.3 Å². The van der Waals surface area contributed by atoms with Gasteiger partial charge in [0, 0.05) is 22.6 Å². The maximum Gasteiger partial charge on any atom is 0.328 e. The van der Waals surface area contributed by atoms with Gasteiger partial charge < -0.3 is 5.11 Å². The fourth-order valence-corrected chi connectivity index (χ4v) is 2.67. The normalized spacial score (nSPS) is 12.7. The summed E-state index contributed by atoms with van der Waals surface area (Å²) in [5, 5.41) is 8.77. The van der Waals surface area contributed by atoms with Crippen molar-refractivity contribution < 1.29 is 9.90 Å². The van der Waals surface area contributed by atoms with Crippen molar-refractivity contribution in [1.29, 1.82) is 0 Å². The van der Waals surface area contributed by atoms with Gasteiger partial charge in [0.1, 0.15) is 0 Å². The highest BCUT2D eigenvalue weighted by atomic mass is 32.1. The summed E-state index contributed by atoms with van der Waals surface area (Å²) in [6, 6.07) is 0. The molecule has 0 aliphatic heterocycles. The number of aromatic nitrogens is 2. The minimum atomic E-state index is -0.947. The second kappa shape index (κ2) is 4.24. The molecule has 0 saturated heterocycles. The van der Waals surface area contributed by atoms with Gasteiger partial charge in [-0.25, -0.2) is 9.78 Å². The van der Waals surface area contributed by atoms with E-state index >= 15 is 0 Å². The molecule has 2 rings (SSSR count). The Morgan fingerprint density at radius 1 is 1.50 bits per heavy atom. The summed E-state index contributed by atoms with van der Waals surface area (Å²) in [7, 11) is 0. The Morgan fingerprint density at radius 2 is 2.17 bits per heavy atom. The van der Waals surface area contributed by atoms with Crippen molar-refractivity contribution in [3.63, 3.8) is 0 Å². The lowest BCUT2D eigenvalue weighted by atomic mass is 9.90. The summed E-state index contributed by atoms with van der Waals surface area (Å²) in [6.07, 6.45) is 4.77. The summed E-state index contributed by atoms with van der Waals surface area (Å²) >= 11 is 1.61. The Morgan fingerprint density at radius 3 is 2.72 bits per heavy atom. The molecule has 0 unspecified atom stereocenters. The average Bonchev–Trinajstić information content (AvgIpc) is 2.69. The van der Waals surface area contributed by atoms with Crippen LogP contribution in [0.3, 0.4) is 0 Å². The van der Waals surface area contributed by atoms with E-state index in [0.29, 0.717) is 0 Å². The number of imidazole rings is 1. The van der Waals surface area contributed by atoms with Crippen LogP contribution < -0.4 is 0 Å². The predicted molar refractivity (Wildman–Crippen MR) is 73.2 cm³/mol. The maximum atomic E-state index is 10.7. The van der Waals surface area contributed by atoms with Crippen LogP contribution in [0.2, 0.25) is 0 Å². The number of aliphatic carboxylic acids is 1. The van der Waals surface area contributed by atoms with E-state index in [-0.39, 0.29) is 5.41 Å². The molecule has 0 aliphatic rings. The number of hydrogen-bond donors (Lipinski definition) is 1. The molecule has 18 heavy (non-hydrogen) atoms. The molecule has 0 atom stereocenters. The molecule has 2 aromatic rings. The number of nitrogens with zero attached hydrogens (tertiary/aromatic N) is 2. The monoisotopic (exact) mass is 264 g/mol. The zero-order valence-electron chi connectivity index (χ0n) is 10.9. The Hall–Kier alpha value is -1.62. The van der Waals surface area contributed by atoms with E-state index in [1.807, 2.05) is 17.5 Å². The van der Waals surface area contributed by atoms with Gasteiger partial charge in [0.25, 0.3) is 0 Å². The second-order valence-electron chi connectivity index (χ2n) is 5.26. The van der Waals surface area contributed by atoms with Crippen molar-refractivity contribution in [2.24, 2.45) is 0 Å². The van der Waals surface area contributed by atoms with E-state index in [1.165, 1.54) is 0 Å². The molecule has 0 saturated carbocycles. The van der Waals surface area contributed by atoms with Gasteiger partial charge in [0.15, 0.2) is 4.96 Å². The lowest BCUT2D eigenvalue weighted by Crippen LogP contribution is -2.13. The molecule has 2 heterocycles. The fraction of sp³-hybridized carbons (Fsp3) is 0.385. The molecule has 2 aromatic heterocycles. The van der Waals surface area contributed by atoms with Gasteiger partial charge in [0.05, 0.1) is 11.4 Å². The molecule has 0 radical (unpaired) electrons.